The van der Waals surface area contributed by atoms with Crippen LogP contribution in [0.2, 0.25) is 0 Å². The summed E-state index contributed by atoms with van der Waals surface area (Å²) in [6, 6.07) is 3.44. The molecule has 0 aliphatic rings. The van der Waals surface area contributed by atoms with E-state index >= 15 is 0 Å². The van der Waals surface area contributed by atoms with Gasteiger partial charge in [-0.25, -0.2) is 4.79 Å². The molecule has 22 heavy (non-hydrogen) atoms. The van der Waals surface area contributed by atoms with Crippen LogP contribution in [0.1, 0.15) is 32.8 Å². The highest BCUT2D eigenvalue weighted by molar-refractivity contribution is 5.67. The number of ether oxygens (including phenoxy) is 1. The Balaban J connectivity index is 2.47. The molecular weight excluding hydrogens is 291 g/mol. The zero-order valence-corrected chi connectivity index (χ0v) is 12.6. The maximum absolute atomic E-state index is 13.4. The van der Waals surface area contributed by atoms with Crippen molar-refractivity contribution in [3.63, 3.8) is 0 Å². The normalized spacial score (nSPS) is 10.4. The topological polar surface area (TPSA) is 81.5 Å². The van der Waals surface area contributed by atoms with Crippen LogP contribution in [0.15, 0.2) is 18.2 Å². The number of nitro groups is 1. The molecule has 6 nitrogen and oxygen atoms in total. The van der Waals surface area contributed by atoms with Crippen LogP contribution >= 0.6 is 0 Å². The number of nitrogens with zero attached hydrogens (tertiary/aromatic N) is 1. The molecule has 0 saturated heterocycles. The lowest BCUT2D eigenvalue weighted by molar-refractivity contribution is -0.387. The fraction of sp³-hybridized carbons (Fsp3) is 0.400. The first-order chi connectivity index (χ1) is 10.2. The van der Waals surface area contributed by atoms with Crippen molar-refractivity contribution in [2.24, 2.45) is 0 Å². The summed E-state index contributed by atoms with van der Waals surface area (Å²) in [7, 11) is 0. The Kier molecular flexibility index (Phi) is 5.87. The third kappa shape index (κ3) is 6.22. The molecule has 1 aromatic carbocycles. The van der Waals surface area contributed by atoms with E-state index in [0.717, 1.165) is 12.1 Å². The van der Waals surface area contributed by atoms with Crippen molar-refractivity contribution in [2.45, 2.75) is 32.8 Å². The predicted octanol–water partition coefficient (Wildman–Crippen LogP) is 3.00. The third-order valence-electron chi connectivity index (χ3n) is 2.30. The minimum atomic E-state index is -0.927. The van der Waals surface area contributed by atoms with Gasteiger partial charge in [-0.2, -0.15) is 4.39 Å². The number of hydrogen-bond donors (Lipinski definition) is 1. The molecule has 1 N–H and O–H groups in total. The average Bonchev–Trinajstić information content (AvgIpc) is 2.35. The summed E-state index contributed by atoms with van der Waals surface area (Å²) in [5, 5.41) is 13.0. The van der Waals surface area contributed by atoms with Crippen LogP contribution in [0.5, 0.6) is 0 Å². The molecule has 118 valence electrons. The number of carbonyl (C=O) groups is 1. The van der Waals surface area contributed by atoms with Gasteiger partial charge in [-0.15, -0.1) is 0 Å². The van der Waals surface area contributed by atoms with Crippen LogP contribution in [0.25, 0.3) is 0 Å². The highest BCUT2D eigenvalue weighted by Crippen LogP contribution is 2.17. The van der Waals surface area contributed by atoms with Crippen molar-refractivity contribution >= 4 is 11.8 Å². The number of nitro benzene ring substituents is 1. The summed E-state index contributed by atoms with van der Waals surface area (Å²) >= 11 is 0. The number of hydrogen-bond acceptors (Lipinski definition) is 4. The molecule has 0 unspecified atom stereocenters. The molecule has 1 aromatic rings. The Hall–Kier alpha value is -2.62. The second kappa shape index (κ2) is 7.41. The Morgan fingerprint density at radius 3 is 2.68 bits per heavy atom. The molecule has 1 rings (SSSR count). The van der Waals surface area contributed by atoms with E-state index in [-0.39, 0.29) is 6.54 Å². The number of amides is 1. The molecule has 0 heterocycles. The molecule has 0 radical (unpaired) electrons. The maximum Gasteiger partial charge on any atom is 0.407 e. The second-order valence-electron chi connectivity index (χ2n) is 5.40. The average molecular weight is 308 g/mol. The molecule has 1 amide bonds. The van der Waals surface area contributed by atoms with Crippen molar-refractivity contribution in [1.29, 1.82) is 0 Å². The Bertz CT molecular complexity index is 627. The molecule has 0 aliphatic carbocycles. The number of halogens is 1. The van der Waals surface area contributed by atoms with Gasteiger partial charge < -0.3 is 10.1 Å². The Morgan fingerprint density at radius 1 is 1.45 bits per heavy atom. The molecule has 7 heteroatoms. The van der Waals surface area contributed by atoms with E-state index < -0.39 is 28.1 Å². The fourth-order valence-electron chi connectivity index (χ4n) is 1.44. The molecule has 0 atom stereocenters. The minimum Gasteiger partial charge on any atom is -0.444 e. The first-order valence-corrected chi connectivity index (χ1v) is 6.59. The lowest BCUT2D eigenvalue weighted by atomic mass is 10.2. The predicted molar refractivity (Wildman–Crippen MR) is 78.8 cm³/mol. The number of alkyl carbamates (subject to hydrolysis) is 1. The van der Waals surface area contributed by atoms with Crippen molar-refractivity contribution in [2.75, 3.05) is 6.54 Å². The highest BCUT2D eigenvalue weighted by Gasteiger charge is 2.15. The van der Waals surface area contributed by atoms with Gasteiger partial charge in [0.15, 0.2) is 0 Å². The zero-order chi connectivity index (χ0) is 16.8. The lowest BCUT2D eigenvalue weighted by Crippen LogP contribution is -2.32. The summed E-state index contributed by atoms with van der Waals surface area (Å²) in [6.07, 6.45) is -0.187. The maximum atomic E-state index is 13.4. The molecular formula is C15H17FN2O4. The van der Waals surface area contributed by atoms with Gasteiger partial charge in [-0.05, 0) is 32.9 Å². The van der Waals surface area contributed by atoms with Crippen LogP contribution in [-0.4, -0.2) is 23.2 Å². The summed E-state index contributed by atoms with van der Waals surface area (Å²) in [5.74, 6) is 4.48. The Morgan fingerprint density at radius 2 is 2.14 bits per heavy atom. The highest BCUT2D eigenvalue weighted by atomic mass is 19.1. The van der Waals surface area contributed by atoms with Gasteiger partial charge in [-0.1, -0.05) is 11.8 Å². The molecule has 0 fully saturated rings. The first-order valence-electron chi connectivity index (χ1n) is 6.59. The van der Waals surface area contributed by atoms with Crippen LogP contribution in [0.4, 0.5) is 14.9 Å². The smallest absolute Gasteiger partial charge is 0.407 e. The van der Waals surface area contributed by atoms with E-state index in [2.05, 4.69) is 17.2 Å². The molecule has 0 aromatic heterocycles. The molecule has 0 saturated carbocycles. The third-order valence-corrected chi connectivity index (χ3v) is 2.30. The number of carbonyl (C=O) groups excluding carboxylic acids is 1. The van der Waals surface area contributed by atoms with Crippen LogP contribution < -0.4 is 5.32 Å². The van der Waals surface area contributed by atoms with E-state index in [0.29, 0.717) is 12.0 Å². The molecule has 0 aliphatic heterocycles. The van der Waals surface area contributed by atoms with Gasteiger partial charge in [0, 0.05) is 24.6 Å². The van der Waals surface area contributed by atoms with Gasteiger partial charge in [0.1, 0.15) is 5.60 Å². The van der Waals surface area contributed by atoms with Crippen LogP contribution in [0, 0.1) is 27.8 Å². The zero-order valence-electron chi connectivity index (χ0n) is 12.6. The first kappa shape index (κ1) is 17.4. The van der Waals surface area contributed by atoms with E-state index in [4.69, 9.17) is 4.74 Å². The van der Waals surface area contributed by atoms with Gasteiger partial charge in [-0.3, -0.25) is 10.1 Å². The van der Waals surface area contributed by atoms with Crippen LogP contribution in [0.3, 0.4) is 0 Å². The standard InChI is InChI=1S/C15H17FN2O4/c1-15(2,3)22-14(19)17-9-5-4-6-11-7-8-13(18(20)21)12(16)10-11/h7-8,10H,5,9H2,1-3H3,(H,17,19). The quantitative estimate of drug-likeness (QED) is 0.403. The monoisotopic (exact) mass is 308 g/mol. The van der Waals surface area contributed by atoms with Crippen molar-refractivity contribution < 1.29 is 18.8 Å². The SMILES string of the molecule is CC(C)(C)OC(=O)NCCC#Cc1ccc([N+](=O)[O-])c(F)c1. The summed E-state index contributed by atoms with van der Waals surface area (Å²) in [6.45, 7) is 5.57. The Labute approximate surface area is 127 Å². The van der Waals surface area contributed by atoms with E-state index in [1.54, 1.807) is 20.8 Å². The fourth-order valence-corrected chi connectivity index (χ4v) is 1.44. The molecule has 0 spiro atoms. The number of nitrogens with one attached hydrogen (secondary N) is 1. The molecule has 0 bridgehead atoms. The van der Waals surface area contributed by atoms with Crippen molar-refractivity contribution in [3.8, 4) is 11.8 Å². The van der Waals surface area contributed by atoms with Crippen molar-refractivity contribution in [1.82, 2.24) is 5.32 Å². The van der Waals surface area contributed by atoms with Gasteiger partial charge >= 0.3 is 11.8 Å². The second-order valence-corrected chi connectivity index (χ2v) is 5.40. The van der Waals surface area contributed by atoms with E-state index in [9.17, 15) is 19.3 Å². The number of rotatable bonds is 3. The summed E-state index contributed by atoms with van der Waals surface area (Å²) in [4.78, 5) is 21.0. The van der Waals surface area contributed by atoms with E-state index in [1.165, 1.54) is 6.07 Å². The minimum absolute atomic E-state index is 0.289. The largest absolute Gasteiger partial charge is 0.444 e. The lowest BCUT2D eigenvalue weighted by Gasteiger charge is -2.19. The van der Waals surface area contributed by atoms with Crippen LogP contribution in [-0.2, 0) is 4.74 Å². The van der Waals surface area contributed by atoms with Gasteiger partial charge in [0.05, 0.1) is 4.92 Å². The van der Waals surface area contributed by atoms with Gasteiger partial charge in [0.25, 0.3) is 0 Å². The van der Waals surface area contributed by atoms with Gasteiger partial charge in [0.2, 0.25) is 5.82 Å². The summed E-state index contributed by atoms with van der Waals surface area (Å²) in [5.41, 5.74) is -0.816. The van der Waals surface area contributed by atoms with Crippen molar-refractivity contribution in [3.05, 3.63) is 39.7 Å². The summed E-state index contributed by atoms with van der Waals surface area (Å²) < 4.78 is 18.4. The number of benzene rings is 1. The van der Waals surface area contributed by atoms with E-state index in [1.807, 2.05) is 0 Å².